The normalized spacial score (nSPS) is 18.6. The van der Waals surface area contributed by atoms with Crippen LogP contribution >= 0.6 is 11.6 Å². The number of amides is 1. The highest BCUT2D eigenvalue weighted by Gasteiger charge is 2.52. The third kappa shape index (κ3) is 3.68. The van der Waals surface area contributed by atoms with Gasteiger partial charge in [-0.15, -0.1) is 0 Å². The molecule has 6 rings (SSSR count). The van der Waals surface area contributed by atoms with Crippen LogP contribution in [0.3, 0.4) is 0 Å². The Balaban J connectivity index is 1.50. The van der Waals surface area contributed by atoms with Crippen molar-refractivity contribution >= 4 is 45.0 Å². The summed E-state index contributed by atoms with van der Waals surface area (Å²) in [5.41, 5.74) is 0.278. The second-order valence-electron chi connectivity index (χ2n) is 9.72. The second-order valence-corrected chi connectivity index (χ2v) is 10.1. The van der Waals surface area contributed by atoms with Gasteiger partial charge in [0.1, 0.15) is 22.6 Å². The number of rotatable bonds is 4. The molecule has 0 saturated carbocycles. The van der Waals surface area contributed by atoms with Gasteiger partial charge in [-0.2, -0.15) is 9.97 Å². The first kappa shape index (κ1) is 24.5. The van der Waals surface area contributed by atoms with Crippen molar-refractivity contribution in [2.45, 2.75) is 18.5 Å². The molecule has 1 spiro atoms. The van der Waals surface area contributed by atoms with E-state index in [9.17, 15) is 4.79 Å². The summed E-state index contributed by atoms with van der Waals surface area (Å²) < 4.78 is 27.2. The number of hydrogen-bond acceptors (Lipinski definition) is 7. The minimum absolute atomic E-state index is 0.0377. The number of carbonyl (C=O) groups excluding carboxylic acids is 1. The van der Waals surface area contributed by atoms with Crippen LogP contribution in [0.1, 0.15) is 6.92 Å². The van der Waals surface area contributed by atoms with Crippen LogP contribution in [0, 0.1) is 5.82 Å². The van der Waals surface area contributed by atoms with E-state index in [0.717, 1.165) is 5.39 Å². The van der Waals surface area contributed by atoms with Crippen LogP contribution < -0.4 is 9.64 Å². The summed E-state index contributed by atoms with van der Waals surface area (Å²) in [4.78, 5) is 30.1. The van der Waals surface area contributed by atoms with Gasteiger partial charge in [0.05, 0.1) is 25.7 Å². The van der Waals surface area contributed by atoms with Crippen molar-refractivity contribution in [3.63, 3.8) is 0 Å². The largest absolute Gasteiger partial charge is 0.467 e. The van der Waals surface area contributed by atoms with Crippen LogP contribution in [0.4, 0.5) is 10.2 Å². The molecule has 4 heterocycles. The zero-order chi connectivity index (χ0) is 26.6. The molecule has 194 valence electrons. The van der Waals surface area contributed by atoms with Crippen molar-refractivity contribution in [3.8, 4) is 17.3 Å². The summed E-state index contributed by atoms with van der Waals surface area (Å²) >= 11 is 6.51. The predicted octanol–water partition coefficient (Wildman–Crippen LogP) is 4.64. The maximum atomic E-state index is 16.2. The van der Waals surface area contributed by atoms with Crippen LogP contribution in [-0.2, 0) is 9.53 Å². The van der Waals surface area contributed by atoms with E-state index in [1.807, 2.05) is 41.0 Å². The number of hydrogen-bond donors (Lipinski definition) is 0. The third-order valence-electron chi connectivity index (χ3n) is 7.31. The van der Waals surface area contributed by atoms with Gasteiger partial charge in [-0.1, -0.05) is 48.5 Å². The summed E-state index contributed by atoms with van der Waals surface area (Å²) in [6.45, 7) is 7.34. The van der Waals surface area contributed by atoms with E-state index >= 15 is 4.39 Å². The minimum Gasteiger partial charge on any atom is -0.467 e. The Labute approximate surface area is 223 Å². The molecular formula is C28H25ClFN5O3. The van der Waals surface area contributed by atoms with Gasteiger partial charge in [0.15, 0.2) is 5.82 Å². The lowest BCUT2D eigenvalue weighted by atomic mass is 9.88. The lowest BCUT2D eigenvalue weighted by molar-refractivity contribution is -0.172. The highest BCUT2D eigenvalue weighted by atomic mass is 35.5. The molecule has 0 bridgehead atoms. The fraction of sp³-hybridized carbons (Fsp3) is 0.286. The topological polar surface area (TPSA) is 80.7 Å². The fourth-order valence-electron chi connectivity index (χ4n) is 5.68. The lowest BCUT2D eigenvalue weighted by Crippen LogP contribution is -2.75. The summed E-state index contributed by atoms with van der Waals surface area (Å²) in [6, 6.07) is 11.0. The minimum atomic E-state index is -0.591. The molecule has 1 amide bonds. The Hall–Kier alpha value is -3.82. The lowest BCUT2D eigenvalue weighted by Gasteiger charge is -2.57. The highest BCUT2D eigenvalue weighted by Crippen LogP contribution is 2.39. The molecule has 2 aromatic carbocycles. The van der Waals surface area contributed by atoms with E-state index in [1.165, 1.54) is 13.2 Å². The van der Waals surface area contributed by atoms with Gasteiger partial charge in [0.25, 0.3) is 0 Å². The number of methoxy groups -OCH3 is 1. The zero-order valence-corrected chi connectivity index (χ0v) is 21.7. The summed E-state index contributed by atoms with van der Waals surface area (Å²) in [5.74, 6) is -0.242. The van der Waals surface area contributed by atoms with E-state index in [1.54, 1.807) is 18.3 Å². The molecule has 2 fully saturated rings. The molecule has 4 aromatic rings. The Morgan fingerprint density at radius 1 is 1.26 bits per heavy atom. The van der Waals surface area contributed by atoms with Crippen molar-refractivity contribution in [1.82, 2.24) is 19.9 Å². The maximum Gasteiger partial charge on any atom is 0.318 e. The van der Waals surface area contributed by atoms with Gasteiger partial charge in [-0.25, -0.2) is 4.39 Å². The van der Waals surface area contributed by atoms with Crippen molar-refractivity contribution in [2.24, 2.45) is 0 Å². The van der Waals surface area contributed by atoms with E-state index in [2.05, 4.69) is 21.5 Å². The van der Waals surface area contributed by atoms with Crippen molar-refractivity contribution in [1.29, 1.82) is 0 Å². The SMILES string of the molecule is C=CC(=O)N1C(C)CN(c2nc(OC)nc3c(F)c(-c4cccc5cccc(Cl)c45)ncc23)CC12COC2. The number of nitrogens with zero attached hydrogens (tertiary/aromatic N) is 5. The number of ether oxygens (including phenoxy) is 2. The van der Waals surface area contributed by atoms with E-state index in [-0.39, 0.29) is 29.2 Å². The molecule has 2 aliphatic heterocycles. The second kappa shape index (κ2) is 9.18. The van der Waals surface area contributed by atoms with Gasteiger partial charge in [-0.05, 0) is 24.5 Å². The van der Waals surface area contributed by atoms with E-state index < -0.39 is 11.4 Å². The molecule has 2 saturated heterocycles. The highest BCUT2D eigenvalue weighted by molar-refractivity contribution is 6.36. The Morgan fingerprint density at radius 3 is 2.71 bits per heavy atom. The molecule has 10 heteroatoms. The monoisotopic (exact) mass is 533 g/mol. The molecule has 0 aliphatic carbocycles. The first-order valence-corrected chi connectivity index (χ1v) is 12.6. The molecule has 8 nitrogen and oxygen atoms in total. The fourth-order valence-corrected chi connectivity index (χ4v) is 5.96. The van der Waals surface area contributed by atoms with Crippen molar-refractivity contribution < 1.29 is 18.7 Å². The van der Waals surface area contributed by atoms with Gasteiger partial charge in [0, 0.05) is 41.3 Å². The standard InChI is InChI=1S/C28H25ClFN5O3/c1-4-21(36)35-16(2)12-34(13-28(35)14-38-15-28)26-19-11-31-24(23(30)25(19)32-27(33-26)37-3)18-9-5-7-17-8-6-10-20(29)22(17)18/h4-11,16H,1,12-15H2,2-3H3. The average molecular weight is 534 g/mol. The number of aromatic nitrogens is 3. The number of fused-ring (bicyclic) bond motifs is 2. The Morgan fingerprint density at radius 2 is 2.03 bits per heavy atom. The first-order chi connectivity index (χ1) is 18.4. The van der Waals surface area contributed by atoms with Crippen LogP contribution in [0.25, 0.3) is 32.9 Å². The molecular weight excluding hydrogens is 509 g/mol. The van der Waals surface area contributed by atoms with E-state index in [4.69, 9.17) is 21.1 Å². The summed E-state index contributed by atoms with van der Waals surface area (Å²) in [7, 11) is 1.44. The molecule has 1 atom stereocenters. The van der Waals surface area contributed by atoms with Gasteiger partial charge >= 0.3 is 6.01 Å². The molecule has 1 unspecified atom stereocenters. The van der Waals surface area contributed by atoms with Crippen LogP contribution in [0.2, 0.25) is 5.02 Å². The molecule has 2 aliphatic rings. The number of halogens is 2. The predicted molar refractivity (Wildman–Crippen MR) is 144 cm³/mol. The average Bonchev–Trinajstić information content (AvgIpc) is 2.91. The third-order valence-corrected chi connectivity index (χ3v) is 7.62. The number of piperazine rings is 1. The number of anilines is 1. The first-order valence-electron chi connectivity index (χ1n) is 12.2. The van der Waals surface area contributed by atoms with Crippen molar-refractivity contribution in [3.05, 3.63) is 66.1 Å². The van der Waals surface area contributed by atoms with E-state index in [0.29, 0.717) is 53.5 Å². The molecule has 2 aromatic heterocycles. The summed E-state index contributed by atoms with van der Waals surface area (Å²) in [5, 5.41) is 2.55. The number of benzene rings is 2. The Bertz CT molecular complexity index is 1600. The molecule has 0 N–H and O–H groups in total. The van der Waals surface area contributed by atoms with Gasteiger partial charge in [-0.3, -0.25) is 9.78 Å². The van der Waals surface area contributed by atoms with Gasteiger partial charge in [0.2, 0.25) is 5.91 Å². The Kier molecular flexibility index (Phi) is 5.92. The van der Waals surface area contributed by atoms with Crippen LogP contribution in [-0.4, -0.2) is 70.8 Å². The van der Waals surface area contributed by atoms with Gasteiger partial charge < -0.3 is 19.3 Å². The maximum absolute atomic E-state index is 16.2. The van der Waals surface area contributed by atoms with Crippen molar-refractivity contribution in [2.75, 3.05) is 38.3 Å². The zero-order valence-electron chi connectivity index (χ0n) is 20.9. The smallest absolute Gasteiger partial charge is 0.318 e. The van der Waals surface area contributed by atoms with Crippen LogP contribution in [0.5, 0.6) is 6.01 Å². The quantitative estimate of drug-likeness (QED) is 0.354. The molecule has 38 heavy (non-hydrogen) atoms. The number of pyridine rings is 1. The summed E-state index contributed by atoms with van der Waals surface area (Å²) in [6.07, 6.45) is 2.92. The molecule has 0 radical (unpaired) electrons. The van der Waals surface area contributed by atoms with Crippen LogP contribution in [0.15, 0.2) is 55.3 Å². The number of carbonyl (C=O) groups is 1.